The van der Waals surface area contributed by atoms with Crippen LogP contribution in [0.3, 0.4) is 0 Å². The number of carbonyl (C=O) groups is 3. The van der Waals surface area contributed by atoms with Gasteiger partial charge in [0.15, 0.2) is 30.4 Å². The molecule has 0 aliphatic heterocycles. The Morgan fingerprint density at radius 2 is 1.56 bits per heavy atom. The Morgan fingerprint density at radius 3 is 1.96 bits per heavy atom. The van der Waals surface area contributed by atoms with Gasteiger partial charge < -0.3 is 45.2 Å². The maximum atomic E-state index is 11.8. The number of esters is 1. The van der Waals surface area contributed by atoms with Gasteiger partial charge in [-0.3, -0.25) is 9.59 Å². The first kappa shape index (κ1) is 23.5. The van der Waals surface area contributed by atoms with Crippen molar-refractivity contribution < 1.29 is 59.6 Å². The van der Waals surface area contributed by atoms with Gasteiger partial charge >= 0.3 is 5.97 Å². The molecule has 12 heteroatoms. The van der Waals surface area contributed by atoms with E-state index in [4.69, 9.17) is 10.2 Å². The molecule has 12 nitrogen and oxygen atoms in total. The van der Waals surface area contributed by atoms with Gasteiger partial charge in [-0.25, -0.2) is 4.79 Å². The van der Waals surface area contributed by atoms with E-state index < -0.39 is 67.7 Å². The smallest absolute Gasteiger partial charge is 0.339 e. The normalized spacial score (nSPS) is 19.8. The van der Waals surface area contributed by atoms with E-state index in [1.165, 1.54) is 0 Å². The Labute approximate surface area is 141 Å². The van der Waals surface area contributed by atoms with Crippen molar-refractivity contribution in [3.05, 3.63) is 0 Å². The topological polar surface area (TPSA) is 211 Å². The van der Waals surface area contributed by atoms with Crippen LogP contribution >= 0.6 is 0 Å². The molecule has 0 aromatic rings. The lowest BCUT2D eigenvalue weighted by molar-refractivity contribution is -0.183. The van der Waals surface area contributed by atoms with Crippen LogP contribution in [0, 0.1) is 0 Å². The summed E-state index contributed by atoms with van der Waals surface area (Å²) < 4.78 is 9.00. The molecule has 0 bridgehead atoms. The van der Waals surface area contributed by atoms with E-state index in [9.17, 15) is 39.9 Å². The highest BCUT2D eigenvalue weighted by Crippen LogP contribution is 2.11. The molecule has 0 aromatic carbocycles. The second-order valence-corrected chi connectivity index (χ2v) is 4.97. The number of rotatable bonds is 12. The average molecular weight is 370 g/mol. The van der Waals surface area contributed by atoms with Crippen molar-refractivity contribution in [1.82, 2.24) is 0 Å². The number of ether oxygens (including phenoxy) is 2. The number of methoxy groups -OCH3 is 1. The molecule has 0 aliphatic carbocycles. The summed E-state index contributed by atoms with van der Waals surface area (Å²) >= 11 is 0. The zero-order valence-corrected chi connectivity index (χ0v) is 13.2. The van der Waals surface area contributed by atoms with Gasteiger partial charge in [0.25, 0.3) is 0 Å². The van der Waals surface area contributed by atoms with E-state index in [1.807, 2.05) is 0 Å². The van der Waals surface area contributed by atoms with Crippen LogP contribution in [0.5, 0.6) is 0 Å². The van der Waals surface area contributed by atoms with E-state index in [1.54, 1.807) is 0 Å². The minimum absolute atomic E-state index is 0.116. The Bertz CT molecular complexity index is 441. The van der Waals surface area contributed by atoms with Gasteiger partial charge in [0.1, 0.15) is 24.4 Å². The van der Waals surface area contributed by atoms with Crippen molar-refractivity contribution in [3.63, 3.8) is 0 Å². The number of hydrogen-bond acceptors (Lipinski definition) is 12. The first-order chi connectivity index (χ1) is 11.7. The van der Waals surface area contributed by atoms with Gasteiger partial charge in [-0.15, -0.1) is 0 Å². The lowest BCUT2D eigenvalue weighted by Gasteiger charge is -2.27. The van der Waals surface area contributed by atoms with Gasteiger partial charge in [0.05, 0.1) is 13.2 Å². The molecule has 0 heterocycles. The van der Waals surface area contributed by atoms with Crippen molar-refractivity contribution in [2.24, 2.45) is 0 Å². The molecule has 0 radical (unpaired) electrons. The molecule has 0 aliphatic rings. The zero-order chi connectivity index (χ0) is 19.7. The molecule has 0 amide bonds. The minimum atomic E-state index is -2.33. The molecule has 0 aromatic heterocycles. The van der Waals surface area contributed by atoms with Crippen molar-refractivity contribution in [1.29, 1.82) is 0 Å². The van der Waals surface area contributed by atoms with Gasteiger partial charge in [0.2, 0.25) is 0 Å². The molecule has 0 fully saturated rings. The molecule has 0 saturated heterocycles. The predicted molar refractivity (Wildman–Crippen MR) is 76.0 cm³/mol. The third kappa shape index (κ3) is 6.37. The molecule has 25 heavy (non-hydrogen) atoms. The molecular weight excluding hydrogens is 348 g/mol. The van der Waals surface area contributed by atoms with Crippen LogP contribution in [0.2, 0.25) is 0 Å². The van der Waals surface area contributed by atoms with E-state index in [-0.39, 0.29) is 6.29 Å². The SMILES string of the molecule is CO[C@@H](C(=O)[C@@H](O)CO)[C@H](O)C(=O)O[C@@H](C=O)[C@@H](O)[C@@H](O)[C@H](O)CO. The van der Waals surface area contributed by atoms with Gasteiger partial charge in [-0.05, 0) is 0 Å². The summed E-state index contributed by atoms with van der Waals surface area (Å²) in [6.07, 6.45) is -14.4. The number of aliphatic hydroxyl groups excluding tert-OH is 7. The van der Waals surface area contributed by atoms with Crippen molar-refractivity contribution >= 4 is 18.0 Å². The number of aliphatic hydroxyl groups is 7. The third-order valence-electron chi connectivity index (χ3n) is 3.22. The highest BCUT2D eigenvalue weighted by atomic mass is 16.6. The third-order valence-corrected chi connectivity index (χ3v) is 3.22. The minimum Gasteiger partial charge on any atom is -0.450 e. The first-order valence-electron chi connectivity index (χ1n) is 7.00. The van der Waals surface area contributed by atoms with Gasteiger partial charge in [0, 0.05) is 7.11 Å². The lowest BCUT2D eigenvalue weighted by Crippen LogP contribution is -2.51. The van der Waals surface area contributed by atoms with Gasteiger partial charge in [-0.1, -0.05) is 0 Å². The summed E-state index contributed by atoms with van der Waals surface area (Å²) in [6, 6.07) is 0. The van der Waals surface area contributed by atoms with E-state index in [0.29, 0.717) is 0 Å². The zero-order valence-electron chi connectivity index (χ0n) is 13.2. The van der Waals surface area contributed by atoms with Crippen molar-refractivity contribution in [2.45, 2.75) is 42.7 Å². The monoisotopic (exact) mass is 370 g/mol. The molecular formula is C13H22O12. The molecule has 0 saturated carbocycles. The molecule has 0 spiro atoms. The molecule has 146 valence electrons. The predicted octanol–water partition coefficient (Wildman–Crippen LogP) is -5.53. The molecule has 0 unspecified atom stereocenters. The molecule has 7 N–H and O–H groups in total. The molecule has 0 rings (SSSR count). The van der Waals surface area contributed by atoms with Crippen LogP contribution in [0.1, 0.15) is 0 Å². The number of aldehydes is 1. The average Bonchev–Trinajstić information content (AvgIpc) is 2.63. The number of Topliss-reactive ketones (excluding diaryl/α,β-unsaturated/α-hetero) is 1. The van der Waals surface area contributed by atoms with E-state index in [0.717, 1.165) is 7.11 Å². The second-order valence-electron chi connectivity index (χ2n) is 4.97. The van der Waals surface area contributed by atoms with Crippen LogP contribution in [0.15, 0.2) is 0 Å². The molecule has 7 atom stereocenters. The summed E-state index contributed by atoms with van der Waals surface area (Å²) in [4.78, 5) is 34.3. The van der Waals surface area contributed by atoms with Crippen molar-refractivity contribution in [2.75, 3.05) is 20.3 Å². The van der Waals surface area contributed by atoms with Crippen LogP contribution in [-0.4, -0.2) is 117 Å². The number of hydrogen-bond donors (Lipinski definition) is 7. The maximum absolute atomic E-state index is 11.8. The largest absolute Gasteiger partial charge is 0.450 e. The summed E-state index contributed by atoms with van der Waals surface area (Å²) in [5, 5.41) is 64.6. The van der Waals surface area contributed by atoms with Crippen LogP contribution in [0.4, 0.5) is 0 Å². The van der Waals surface area contributed by atoms with Crippen LogP contribution in [0.25, 0.3) is 0 Å². The fourth-order valence-corrected chi connectivity index (χ4v) is 1.72. The Balaban J connectivity index is 5.07. The maximum Gasteiger partial charge on any atom is 0.339 e. The quantitative estimate of drug-likeness (QED) is 0.127. The van der Waals surface area contributed by atoms with Crippen molar-refractivity contribution in [3.8, 4) is 0 Å². The summed E-state index contributed by atoms with van der Waals surface area (Å²) in [5.74, 6) is -2.86. The van der Waals surface area contributed by atoms with Crippen LogP contribution < -0.4 is 0 Å². The Kier molecular flexibility index (Phi) is 10.5. The fraction of sp³-hybridized carbons (Fsp3) is 0.769. The lowest BCUT2D eigenvalue weighted by atomic mass is 10.0. The van der Waals surface area contributed by atoms with E-state index >= 15 is 0 Å². The highest BCUT2D eigenvalue weighted by molar-refractivity contribution is 5.93. The first-order valence-corrected chi connectivity index (χ1v) is 7.00. The number of ketones is 1. The standard InChI is InChI=1S/C13H22O12/c1-24-12(9(20)6(18)3-15)11(22)13(23)25-7(4-16)10(21)8(19)5(17)2-14/h4-8,10-12,14-15,17-19,21-22H,2-3H2,1H3/t5-,6+,7+,8+,10-,11+,12+/m1/s1. The van der Waals surface area contributed by atoms with E-state index in [2.05, 4.69) is 9.47 Å². The fourth-order valence-electron chi connectivity index (χ4n) is 1.72. The summed E-state index contributed by atoms with van der Waals surface area (Å²) in [6.45, 7) is -1.96. The second kappa shape index (κ2) is 11.2. The highest BCUT2D eigenvalue weighted by Gasteiger charge is 2.40. The Hall–Kier alpha value is -1.51. The van der Waals surface area contributed by atoms with Crippen LogP contribution in [-0.2, 0) is 23.9 Å². The van der Waals surface area contributed by atoms with Gasteiger partial charge in [-0.2, -0.15) is 0 Å². The Morgan fingerprint density at radius 1 is 1.00 bits per heavy atom. The summed E-state index contributed by atoms with van der Waals surface area (Å²) in [5.41, 5.74) is 0. The summed E-state index contributed by atoms with van der Waals surface area (Å²) in [7, 11) is 0.913. The number of carbonyl (C=O) groups excluding carboxylic acids is 3.